The molecule has 5 rings (SSSR count). The third-order valence-corrected chi connectivity index (χ3v) is 6.00. The van der Waals surface area contributed by atoms with Crippen molar-refractivity contribution in [2.75, 3.05) is 13.1 Å². The van der Waals surface area contributed by atoms with E-state index >= 15 is 0 Å². The Morgan fingerprint density at radius 2 is 1.66 bits per heavy atom. The van der Waals surface area contributed by atoms with Crippen molar-refractivity contribution in [1.82, 2.24) is 30.0 Å². The number of carbonyl (C=O) groups excluding carboxylic acids is 1. The van der Waals surface area contributed by atoms with Gasteiger partial charge in [0, 0.05) is 31.7 Å². The molecule has 29 heavy (non-hydrogen) atoms. The van der Waals surface area contributed by atoms with Gasteiger partial charge in [-0.2, -0.15) is 0 Å². The molecule has 2 atom stereocenters. The van der Waals surface area contributed by atoms with Crippen LogP contribution in [0.2, 0.25) is 0 Å². The minimum Gasteiger partial charge on any atom is -0.334 e. The van der Waals surface area contributed by atoms with Crippen LogP contribution in [0.1, 0.15) is 24.0 Å². The van der Waals surface area contributed by atoms with Crippen LogP contribution in [0.15, 0.2) is 60.9 Å². The lowest BCUT2D eigenvalue weighted by Crippen LogP contribution is -2.55. The van der Waals surface area contributed by atoms with Crippen molar-refractivity contribution < 1.29 is 4.79 Å². The van der Waals surface area contributed by atoms with Gasteiger partial charge in [-0.15, -0.1) is 5.10 Å². The molecule has 3 heterocycles. The van der Waals surface area contributed by atoms with Gasteiger partial charge in [-0.3, -0.25) is 9.69 Å². The number of tetrazole rings is 1. The molecule has 0 spiro atoms. The minimum absolute atomic E-state index is 0.243. The van der Waals surface area contributed by atoms with Crippen molar-refractivity contribution in [1.29, 1.82) is 0 Å². The molecule has 3 aromatic rings. The number of piperazine rings is 1. The number of rotatable bonds is 5. The number of hydrogen-bond acceptors (Lipinski definition) is 5. The highest BCUT2D eigenvalue weighted by atomic mass is 16.2. The summed E-state index contributed by atoms with van der Waals surface area (Å²) >= 11 is 0. The second-order valence-corrected chi connectivity index (χ2v) is 7.96. The molecule has 0 aliphatic carbocycles. The maximum atomic E-state index is 13.1. The summed E-state index contributed by atoms with van der Waals surface area (Å²) in [4.78, 5) is 17.7. The van der Waals surface area contributed by atoms with Crippen molar-refractivity contribution >= 4 is 5.91 Å². The van der Waals surface area contributed by atoms with Crippen LogP contribution < -0.4 is 0 Å². The van der Waals surface area contributed by atoms with Crippen LogP contribution in [0.25, 0.3) is 5.69 Å². The number of fused-ring (bicyclic) bond motifs is 2. The summed E-state index contributed by atoms with van der Waals surface area (Å²) in [5.74, 6) is 0.243. The van der Waals surface area contributed by atoms with Gasteiger partial charge in [0.1, 0.15) is 6.33 Å². The smallest absolute Gasteiger partial charge is 0.227 e. The Bertz CT molecular complexity index is 943. The number of carbonyl (C=O) groups is 1. The summed E-state index contributed by atoms with van der Waals surface area (Å²) in [7, 11) is 0. The fourth-order valence-corrected chi connectivity index (χ4v) is 4.68. The fraction of sp³-hybridized carbons (Fsp3) is 0.364. The number of aromatic nitrogens is 4. The van der Waals surface area contributed by atoms with E-state index in [1.54, 1.807) is 11.0 Å². The average molecular weight is 388 g/mol. The van der Waals surface area contributed by atoms with E-state index in [9.17, 15) is 4.79 Å². The average Bonchev–Trinajstić information content (AvgIpc) is 3.36. The van der Waals surface area contributed by atoms with Crippen molar-refractivity contribution in [3.63, 3.8) is 0 Å². The molecule has 0 radical (unpaired) electrons. The molecule has 2 aliphatic heterocycles. The molecule has 148 valence electrons. The van der Waals surface area contributed by atoms with Crippen LogP contribution in [-0.2, 0) is 17.8 Å². The third kappa shape index (κ3) is 3.78. The van der Waals surface area contributed by atoms with E-state index in [2.05, 4.69) is 55.7 Å². The summed E-state index contributed by atoms with van der Waals surface area (Å²) in [5, 5.41) is 11.2. The molecule has 2 bridgehead atoms. The first-order valence-electron chi connectivity index (χ1n) is 10.2. The van der Waals surface area contributed by atoms with E-state index in [4.69, 9.17) is 0 Å². The lowest BCUT2D eigenvalue weighted by Gasteiger charge is -2.41. The molecule has 1 amide bonds. The van der Waals surface area contributed by atoms with E-state index in [1.807, 2.05) is 24.3 Å². The normalized spacial score (nSPS) is 21.4. The molecule has 2 fully saturated rings. The molecule has 1 aromatic heterocycles. The minimum atomic E-state index is 0.243. The molecular formula is C22H24N6O. The largest absolute Gasteiger partial charge is 0.334 e. The fourth-order valence-electron chi connectivity index (χ4n) is 4.68. The predicted octanol–water partition coefficient (Wildman–Crippen LogP) is 2.08. The number of likely N-dealkylation sites (tertiary alicyclic amines) is 1. The molecule has 2 aromatic carbocycles. The number of nitrogens with zero attached hydrogens (tertiary/aromatic N) is 6. The summed E-state index contributed by atoms with van der Waals surface area (Å²) in [6.07, 6.45) is 4.23. The lowest BCUT2D eigenvalue weighted by atomic mass is 10.1. The second kappa shape index (κ2) is 7.75. The summed E-state index contributed by atoms with van der Waals surface area (Å²) in [5.41, 5.74) is 3.26. The van der Waals surface area contributed by atoms with Gasteiger partial charge in [-0.25, -0.2) is 4.68 Å². The van der Waals surface area contributed by atoms with Gasteiger partial charge in [0.15, 0.2) is 0 Å². The first-order chi connectivity index (χ1) is 14.3. The highest BCUT2D eigenvalue weighted by Crippen LogP contribution is 2.31. The summed E-state index contributed by atoms with van der Waals surface area (Å²) in [6, 6.07) is 19.1. The van der Waals surface area contributed by atoms with Crippen LogP contribution in [0, 0.1) is 0 Å². The van der Waals surface area contributed by atoms with Gasteiger partial charge in [0.25, 0.3) is 0 Å². The highest BCUT2D eigenvalue weighted by Gasteiger charge is 2.42. The zero-order valence-corrected chi connectivity index (χ0v) is 16.3. The third-order valence-electron chi connectivity index (χ3n) is 6.00. The van der Waals surface area contributed by atoms with Gasteiger partial charge in [-0.1, -0.05) is 42.5 Å². The molecule has 2 unspecified atom stereocenters. The number of benzene rings is 2. The maximum absolute atomic E-state index is 13.1. The number of amides is 1. The van der Waals surface area contributed by atoms with E-state index in [1.165, 1.54) is 5.56 Å². The van der Waals surface area contributed by atoms with Crippen LogP contribution in [0.3, 0.4) is 0 Å². The van der Waals surface area contributed by atoms with Crippen molar-refractivity contribution in [2.45, 2.75) is 37.9 Å². The zero-order valence-electron chi connectivity index (χ0n) is 16.3. The molecule has 2 aliphatic rings. The molecule has 7 nitrogen and oxygen atoms in total. The van der Waals surface area contributed by atoms with Crippen LogP contribution >= 0.6 is 0 Å². The zero-order chi connectivity index (χ0) is 19.6. The van der Waals surface area contributed by atoms with Crippen molar-refractivity contribution in [3.05, 3.63) is 72.1 Å². The topological polar surface area (TPSA) is 67.2 Å². The van der Waals surface area contributed by atoms with E-state index in [-0.39, 0.29) is 5.91 Å². The van der Waals surface area contributed by atoms with Gasteiger partial charge >= 0.3 is 0 Å². The Kier molecular flexibility index (Phi) is 4.81. The van der Waals surface area contributed by atoms with E-state index < -0.39 is 0 Å². The first kappa shape index (κ1) is 18.0. The van der Waals surface area contributed by atoms with Crippen LogP contribution in [0.4, 0.5) is 0 Å². The first-order valence-corrected chi connectivity index (χ1v) is 10.2. The highest BCUT2D eigenvalue weighted by molar-refractivity contribution is 5.80. The molecular weight excluding hydrogens is 364 g/mol. The monoisotopic (exact) mass is 388 g/mol. The van der Waals surface area contributed by atoms with Gasteiger partial charge < -0.3 is 4.90 Å². The van der Waals surface area contributed by atoms with Crippen LogP contribution in [0.5, 0.6) is 0 Å². The maximum Gasteiger partial charge on any atom is 0.227 e. The SMILES string of the molecule is O=C(Cc1ccc(-n2cnnn2)cc1)N1C2CCC1CN(Cc1ccccc1)C2. The summed E-state index contributed by atoms with van der Waals surface area (Å²) in [6.45, 7) is 2.90. The van der Waals surface area contributed by atoms with Gasteiger partial charge in [-0.05, 0) is 46.5 Å². The molecule has 0 saturated carbocycles. The predicted molar refractivity (Wildman–Crippen MR) is 108 cm³/mol. The van der Waals surface area contributed by atoms with Crippen molar-refractivity contribution in [2.24, 2.45) is 0 Å². The Hall–Kier alpha value is -3.06. The van der Waals surface area contributed by atoms with Crippen molar-refractivity contribution in [3.8, 4) is 5.69 Å². The standard InChI is InChI=1S/C22H24N6O/c29-22(12-17-6-8-19(9-7-17)27-16-23-24-25-27)28-20-10-11-21(28)15-26(14-20)13-18-4-2-1-3-5-18/h1-9,16,20-21H,10-15H2. The Morgan fingerprint density at radius 1 is 0.931 bits per heavy atom. The Labute approximate surface area is 169 Å². The van der Waals surface area contributed by atoms with Gasteiger partial charge in [0.05, 0.1) is 12.1 Å². The molecule has 0 N–H and O–H groups in total. The lowest BCUT2D eigenvalue weighted by molar-refractivity contribution is -0.136. The quantitative estimate of drug-likeness (QED) is 0.670. The van der Waals surface area contributed by atoms with E-state index in [0.29, 0.717) is 18.5 Å². The summed E-state index contributed by atoms with van der Waals surface area (Å²) < 4.78 is 1.61. The molecule has 7 heteroatoms. The number of hydrogen-bond donors (Lipinski definition) is 0. The second-order valence-electron chi connectivity index (χ2n) is 7.96. The van der Waals surface area contributed by atoms with E-state index in [0.717, 1.165) is 43.7 Å². The Balaban J connectivity index is 1.22. The van der Waals surface area contributed by atoms with Crippen LogP contribution in [-0.4, -0.2) is 61.1 Å². The Morgan fingerprint density at radius 3 is 2.31 bits per heavy atom. The van der Waals surface area contributed by atoms with Gasteiger partial charge in [0.2, 0.25) is 5.91 Å². The molecule has 2 saturated heterocycles.